The Morgan fingerprint density at radius 1 is 1.40 bits per heavy atom. The fourth-order valence-corrected chi connectivity index (χ4v) is 2.67. The highest BCUT2D eigenvalue weighted by Crippen LogP contribution is 2.32. The molecule has 4 nitrogen and oxygen atoms in total. The number of ether oxygens (including phenoxy) is 1. The fraction of sp³-hybridized carbons (Fsp3) is 0.500. The lowest BCUT2D eigenvalue weighted by molar-refractivity contribution is -0.124. The van der Waals surface area contributed by atoms with Crippen LogP contribution in [-0.2, 0) is 4.79 Å². The molecule has 2 aliphatic rings. The Labute approximate surface area is 115 Å². The lowest BCUT2D eigenvalue weighted by atomic mass is 10.00. The second-order valence-electron chi connectivity index (χ2n) is 5.23. The van der Waals surface area contributed by atoms with Crippen molar-refractivity contribution in [2.24, 2.45) is 0 Å². The summed E-state index contributed by atoms with van der Waals surface area (Å²) in [6, 6.07) is 6.46. The number of rotatable bonds is 2. The van der Waals surface area contributed by atoms with Crippen LogP contribution in [0.25, 0.3) is 0 Å². The summed E-state index contributed by atoms with van der Waals surface area (Å²) >= 11 is 0. The second-order valence-corrected chi connectivity index (χ2v) is 5.23. The molecular weight excluding hydrogens is 266 g/mol. The van der Waals surface area contributed by atoms with Gasteiger partial charge in [-0.1, -0.05) is 18.2 Å². The van der Waals surface area contributed by atoms with Crippen molar-refractivity contribution in [1.82, 2.24) is 10.6 Å². The molecule has 0 bridgehead atoms. The lowest BCUT2D eigenvalue weighted by Gasteiger charge is -2.27. The van der Waals surface area contributed by atoms with Crippen LogP contribution < -0.4 is 15.4 Å². The molecule has 0 spiro atoms. The summed E-state index contributed by atoms with van der Waals surface area (Å²) in [6.45, 7) is 0.0751. The molecule has 20 heavy (non-hydrogen) atoms. The first-order valence-electron chi connectivity index (χ1n) is 6.68. The third-order valence-corrected chi connectivity index (χ3v) is 3.70. The molecule has 2 atom stereocenters. The van der Waals surface area contributed by atoms with Crippen LogP contribution in [0.1, 0.15) is 24.4 Å². The number of hydrogen-bond acceptors (Lipinski definition) is 3. The normalized spacial score (nSPS) is 27.5. The van der Waals surface area contributed by atoms with Crippen molar-refractivity contribution in [3.63, 3.8) is 0 Å². The third-order valence-electron chi connectivity index (χ3n) is 3.70. The van der Waals surface area contributed by atoms with Gasteiger partial charge in [-0.3, -0.25) is 10.1 Å². The zero-order chi connectivity index (χ0) is 14.2. The van der Waals surface area contributed by atoms with Gasteiger partial charge in [-0.25, -0.2) is 8.78 Å². The van der Waals surface area contributed by atoms with Gasteiger partial charge >= 0.3 is 0 Å². The minimum absolute atomic E-state index is 0.177. The summed E-state index contributed by atoms with van der Waals surface area (Å²) in [7, 11) is 0. The first-order chi connectivity index (χ1) is 9.55. The zero-order valence-electron chi connectivity index (χ0n) is 10.9. The van der Waals surface area contributed by atoms with E-state index < -0.39 is 24.9 Å². The molecule has 2 aliphatic heterocycles. The highest BCUT2D eigenvalue weighted by molar-refractivity contribution is 5.82. The van der Waals surface area contributed by atoms with Crippen LogP contribution in [0.3, 0.4) is 0 Å². The molecule has 1 aromatic rings. The molecule has 6 heteroatoms. The second kappa shape index (κ2) is 5.01. The molecule has 0 aliphatic carbocycles. The quantitative estimate of drug-likeness (QED) is 0.866. The topological polar surface area (TPSA) is 50.4 Å². The molecule has 1 fully saturated rings. The number of alkyl halides is 2. The van der Waals surface area contributed by atoms with E-state index in [0.29, 0.717) is 13.0 Å². The van der Waals surface area contributed by atoms with Crippen LogP contribution in [0.5, 0.6) is 5.75 Å². The number of carbonyl (C=O) groups is 1. The molecule has 0 radical (unpaired) electrons. The zero-order valence-corrected chi connectivity index (χ0v) is 10.9. The van der Waals surface area contributed by atoms with E-state index >= 15 is 0 Å². The van der Waals surface area contributed by atoms with Crippen LogP contribution in [-0.4, -0.2) is 31.0 Å². The Balaban J connectivity index is 1.69. The van der Waals surface area contributed by atoms with Gasteiger partial charge in [-0.2, -0.15) is 0 Å². The molecule has 1 aromatic carbocycles. The van der Waals surface area contributed by atoms with Gasteiger partial charge in [0.25, 0.3) is 5.92 Å². The minimum atomic E-state index is -2.80. The molecule has 2 heterocycles. The van der Waals surface area contributed by atoms with Crippen molar-refractivity contribution in [2.75, 3.05) is 13.2 Å². The maximum Gasteiger partial charge on any atom is 0.262 e. The summed E-state index contributed by atoms with van der Waals surface area (Å²) in [6.07, 6.45) is 0.204. The van der Waals surface area contributed by atoms with Gasteiger partial charge in [0.1, 0.15) is 5.75 Å². The lowest BCUT2D eigenvalue weighted by Crippen LogP contribution is -2.43. The van der Waals surface area contributed by atoms with E-state index in [1.165, 1.54) is 0 Å². The first-order valence-corrected chi connectivity index (χ1v) is 6.68. The molecule has 1 amide bonds. The molecule has 1 saturated heterocycles. The maximum atomic E-state index is 13.1. The van der Waals surface area contributed by atoms with E-state index in [1.807, 2.05) is 24.3 Å². The molecule has 108 valence electrons. The molecule has 2 unspecified atom stereocenters. The standard InChI is InChI=1S/C14H16F2N2O2/c15-14(16)7-11(17-8-14)13(19)18-10-5-6-20-12-4-2-1-3-9(10)12/h1-4,10-11,17H,5-8H2,(H,18,19). The van der Waals surface area contributed by atoms with E-state index in [0.717, 1.165) is 11.3 Å². The molecule has 0 saturated carbocycles. The Hall–Kier alpha value is -1.69. The largest absolute Gasteiger partial charge is 0.493 e. The monoisotopic (exact) mass is 282 g/mol. The van der Waals surface area contributed by atoms with E-state index in [2.05, 4.69) is 10.6 Å². The van der Waals surface area contributed by atoms with E-state index in [4.69, 9.17) is 4.74 Å². The average molecular weight is 282 g/mol. The van der Waals surface area contributed by atoms with Crippen molar-refractivity contribution in [2.45, 2.75) is 30.8 Å². The van der Waals surface area contributed by atoms with Crippen molar-refractivity contribution in [1.29, 1.82) is 0 Å². The molecule has 0 aromatic heterocycles. The van der Waals surface area contributed by atoms with Crippen molar-refractivity contribution in [3.05, 3.63) is 29.8 Å². The first kappa shape index (κ1) is 13.3. The highest BCUT2D eigenvalue weighted by atomic mass is 19.3. The van der Waals surface area contributed by atoms with Gasteiger partial charge in [0.05, 0.1) is 25.2 Å². The van der Waals surface area contributed by atoms with Crippen LogP contribution in [0.15, 0.2) is 24.3 Å². The average Bonchev–Trinajstić information content (AvgIpc) is 2.80. The Kier molecular flexibility index (Phi) is 3.33. The molecule has 3 rings (SSSR count). The summed E-state index contributed by atoms with van der Waals surface area (Å²) in [4.78, 5) is 12.1. The number of benzene rings is 1. The van der Waals surface area contributed by atoms with Gasteiger partial charge < -0.3 is 10.1 Å². The van der Waals surface area contributed by atoms with Crippen LogP contribution in [0, 0.1) is 0 Å². The van der Waals surface area contributed by atoms with Crippen LogP contribution in [0.4, 0.5) is 8.78 Å². The molecular formula is C14H16F2N2O2. The van der Waals surface area contributed by atoms with Gasteiger partial charge in [0.15, 0.2) is 0 Å². The third kappa shape index (κ3) is 2.60. The number of halogens is 2. The van der Waals surface area contributed by atoms with Crippen molar-refractivity contribution >= 4 is 5.91 Å². The van der Waals surface area contributed by atoms with Gasteiger partial charge in [-0.15, -0.1) is 0 Å². The number of para-hydroxylation sites is 1. The van der Waals surface area contributed by atoms with Crippen LogP contribution >= 0.6 is 0 Å². The molecule has 2 N–H and O–H groups in total. The predicted octanol–water partition coefficient (Wildman–Crippen LogP) is 1.62. The number of fused-ring (bicyclic) bond motifs is 1. The Morgan fingerprint density at radius 2 is 2.20 bits per heavy atom. The van der Waals surface area contributed by atoms with E-state index in [9.17, 15) is 13.6 Å². The van der Waals surface area contributed by atoms with Crippen molar-refractivity contribution in [3.8, 4) is 5.75 Å². The van der Waals surface area contributed by atoms with E-state index in [-0.39, 0.29) is 11.9 Å². The smallest absolute Gasteiger partial charge is 0.262 e. The predicted molar refractivity (Wildman–Crippen MR) is 68.8 cm³/mol. The van der Waals surface area contributed by atoms with Crippen LogP contribution in [0.2, 0.25) is 0 Å². The van der Waals surface area contributed by atoms with Crippen molar-refractivity contribution < 1.29 is 18.3 Å². The number of amides is 1. The maximum absolute atomic E-state index is 13.1. The summed E-state index contributed by atoms with van der Waals surface area (Å²) in [5.41, 5.74) is 0.900. The Bertz CT molecular complexity index is 522. The minimum Gasteiger partial charge on any atom is -0.493 e. The fourth-order valence-electron chi connectivity index (χ4n) is 2.67. The van der Waals surface area contributed by atoms with Gasteiger partial charge in [0, 0.05) is 18.4 Å². The SMILES string of the molecule is O=C(NC1CCOc2ccccc21)C1CC(F)(F)CN1. The number of nitrogens with one attached hydrogen (secondary N) is 2. The van der Waals surface area contributed by atoms with E-state index in [1.54, 1.807) is 0 Å². The van der Waals surface area contributed by atoms with Gasteiger partial charge in [-0.05, 0) is 6.07 Å². The summed E-state index contributed by atoms with van der Waals surface area (Å²) in [5.74, 6) is -2.42. The van der Waals surface area contributed by atoms with Gasteiger partial charge in [0.2, 0.25) is 5.91 Å². The summed E-state index contributed by atoms with van der Waals surface area (Å²) < 4.78 is 31.7. The highest BCUT2D eigenvalue weighted by Gasteiger charge is 2.42. The summed E-state index contributed by atoms with van der Waals surface area (Å²) in [5, 5.41) is 5.41. The number of hydrogen-bond donors (Lipinski definition) is 2. The Morgan fingerprint density at radius 3 is 2.95 bits per heavy atom. The number of carbonyl (C=O) groups excluding carboxylic acids is 1.